The molecule has 0 saturated carbocycles. The van der Waals surface area contributed by atoms with Crippen molar-refractivity contribution < 1.29 is 19.4 Å². The Labute approximate surface area is 157 Å². The number of fused-ring (bicyclic) bond motifs is 1. The number of nitrogens with zero attached hydrogens (tertiary/aromatic N) is 1. The first-order valence-electron chi connectivity index (χ1n) is 8.93. The van der Waals surface area contributed by atoms with Gasteiger partial charge in [0.25, 0.3) is 5.91 Å². The van der Waals surface area contributed by atoms with Gasteiger partial charge < -0.3 is 20.5 Å². The highest BCUT2D eigenvalue weighted by atomic mass is 16.5. The Bertz CT molecular complexity index is 873. The summed E-state index contributed by atoms with van der Waals surface area (Å²) in [6.07, 6.45) is 1.60. The number of nitrogens with two attached hydrogens (primary N) is 1. The maximum absolute atomic E-state index is 12.3. The second-order valence-corrected chi connectivity index (χ2v) is 6.85. The van der Waals surface area contributed by atoms with Crippen molar-refractivity contribution in [2.45, 2.75) is 19.3 Å². The zero-order valence-electron chi connectivity index (χ0n) is 15.0. The quantitative estimate of drug-likeness (QED) is 0.533. The van der Waals surface area contributed by atoms with Crippen LogP contribution in [0.3, 0.4) is 0 Å². The monoisotopic (exact) mass is 369 g/mol. The van der Waals surface area contributed by atoms with Gasteiger partial charge in [-0.2, -0.15) is 0 Å². The van der Waals surface area contributed by atoms with Crippen LogP contribution in [-0.4, -0.2) is 47.4 Å². The Morgan fingerprint density at radius 3 is 2.48 bits per heavy atom. The van der Waals surface area contributed by atoms with Gasteiger partial charge in [0.1, 0.15) is 11.6 Å². The molecular weight excluding hydrogens is 346 g/mol. The summed E-state index contributed by atoms with van der Waals surface area (Å²) in [5.41, 5.74) is 6.17. The van der Waals surface area contributed by atoms with Gasteiger partial charge in [-0.3, -0.25) is 15.0 Å². The largest absolute Gasteiger partial charge is 0.484 e. The van der Waals surface area contributed by atoms with E-state index in [2.05, 4.69) is 0 Å². The van der Waals surface area contributed by atoms with E-state index in [-0.39, 0.29) is 30.7 Å². The second kappa shape index (κ2) is 8.07. The van der Waals surface area contributed by atoms with E-state index in [1.807, 2.05) is 24.3 Å². The summed E-state index contributed by atoms with van der Waals surface area (Å²) in [5.74, 6) is -0.0966. The van der Waals surface area contributed by atoms with E-state index < -0.39 is 5.97 Å². The van der Waals surface area contributed by atoms with Crippen molar-refractivity contribution in [2.75, 3.05) is 19.7 Å². The summed E-state index contributed by atoms with van der Waals surface area (Å²) < 4.78 is 5.65. The zero-order valence-corrected chi connectivity index (χ0v) is 15.0. The fraction of sp³-hybridized carbons (Fsp3) is 0.350. The van der Waals surface area contributed by atoms with Gasteiger partial charge in [-0.25, -0.2) is 0 Å². The number of carbonyl (C=O) groups excluding carboxylic acids is 1. The normalized spacial score (nSPS) is 14.9. The minimum atomic E-state index is -0.783. The number of hydrogen-bond donors (Lipinski definition) is 3. The molecular formula is C20H23N3O4. The number of amidine groups is 1. The van der Waals surface area contributed by atoms with Gasteiger partial charge in [0.2, 0.25) is 0 Å². The lowest BCUT2D eigenvalue weighted by Gasteiger charge is -2.31. The van der Waals surface area contributed by atoms with Crippen LogP contribution in [0.15, 0.2) is 36.4 Å². The molecule has 1 saturated heterocycles. The number of hydrogen-bond acceptors (Lipinski definition) is 4. The average molecular weight is 369 g/mol. The smallest absolute Gasteiger partial charge is 0.303 e. The van der Waals surface area contributed by atoms with Crippen LogP contribution in [0.4, 0.5) is 0 Å². The number of carbonyl (C=O) groups is 2. The number of benzene rings is 2. The third-order valence-corrected chi connectivity index (χ3v) is 4.92. The van der Waals surface area contributed by atoms with Gasteiger partial charge in [-0.1, -0.05) is 18.2 Å². The molecule has 3 rings (SSSR count). The SMILES string of the molecule is N=C(N)c1ccc2cc(OCC(=O)N3CCC(CC(=O)O)CC3)ccc2c1. The van der Waals surface area contributed by atoms with Crippen LogP contribution in [0.2, 0.25) is 0 Å². The van der Waals surface area contributed by atoms with E-state index in [9.17, 15) is 9.59 Å². The predicted molar refractivity (Wildman–Crippen MR) is 102 cm³/mol. The third-order valence-electron chi connectivity index (χ3n) is 4.92. The lowest BCUT2D eigenvalue weighted by Crippen LogP contribution is -2.41. The molecule has 0 bridgehead atoms. The van der Waals surface area contributed by atoms with Crippen LogP contribution in [0.5, 0.6) is 5.75 Å². The molecule has 1 fully saturated rings. The van der Waals surface area contributed by atoms with Gasteiger partial charge in [-0.05, 0) is 47.7 Å². The van der Waals surface area contributed by atoms with Crippen molar-refractivity contribution in [1.82, 2.24) is 4.90 Å². The highest BCUT2D eigenvalue weighted by Gasteiger charge is 2.24. The molecule has 0 unspecified atom stereocenters. The van der Waals surface area contributed by atoms with Crippen LogP contribution < -0.4 is 10.5 Å². The molecule has 2 aromatic carbocycles. The molecule has 0 spiro atoms. The molecule has 0 atom stereocenters. The molecule has 1 aliphatic heterocycles. The Hall–Kier alpha value is -3.09. The van der Waals surface area contributed by atoms with E-state index in [4.69, 9.17) is 21.0 Å². The van der Waals surface area contributed by atoms with Crippen LogP contribution in [0.1, 0.15) is 24.8 Å². The second-order valence-electron chi connectivity index (χ2n) is 6.85. The standard InChI is InChI=1S/C20H23N3O4/c21-20(22)16-2-1-15-11-17(4-3-14(15)10-16)27-12-18(24)23-7-5-13(6-8-23)9-19(25)26/h1-4,10-11,13H,5-9,12H2,(H3,21,22)(H,25,26). The summed E-state index contributed by atoms with van der Waals surface area (Å²) in [5, 5.41) is 18.2. The van der Waals surface area contributed by atoms with Crippen molar-refractivity contribution in [1.29, 1.82) is 5.41 Å². The molecule has 0 aromatic heterocycles. The number of amides is 1. The Balaban J connectivity index is 1.55. The number of carboxylic acid groups (broad SMARTS) is 1. The summed E-state index contributed by atoms with van der Waals surface area (Å²) >= 11 is 0. The number of likely N-dealkylation sites (tertiary alicyclic amines) is 1. The van der Waals surface area contributed by atoms with Crippen molar-refractivity contribution >= 4 is 28.5 Å². The fourth-order valence-electron chi connectivity index (χ4n) is 3.35. The number of carboxylic acids is 1. The van der Waals surface area contributed by atoms with Crippen LogP contribution in [0, 0.1) is 11.3 Å². The highest BCUT2D eigenvalue weighted by Crippen LogP contribution is 2.23. The van der Waals surface area contributed by atoms with Crippen molar-refractivity contribution in [2.24, 2.45) is 11.7 Å². The first-order valence-corrected chi connectivity index (χ1v) is 8.93. The minimum Gasteiger partial charge on any atom is -0.484 e. The Morgan fingerprint density at radius 2 is 1.81 bits per heavy atom. The van der Waals surface area contributed by atoms with Crippen LogP contribution >= 0.6 is 0 Å². The third kappa shape index (κ3) is 4.75. The first kappa shape index (κ1) is 18.7. The topological polar surface area (TPSA) is 117 Å². The number of piperidine rings is 1. The van der Waals surface area contributed by atoms with Crippen LogP contribution in [0.25, 0.3) is 10.8 Å². The van der Waals surface area contributed by atoms with Crippen molar-refractivity contribution in [3.05, 3.63) is 42.0 Å². The van der Waals surface area contributed by atoms with Gasteiger partial charge >= 0.3 is 5.97 Å². The molecule has 0 radical (unpaired) electrons. The van der Waals surface area contributed by atoms with Crippen molar-refractivity contribution in [3.8, 4) is 5.75 Å². The molecule has 0 aliphatic carbocycles. The Morgan fingerprint density at radius 1 is 1.15 bits per heavy atom. The van der Waals surface area contributed by atoms with E-state index in [1.165, 1.54) is 0 Å². The summed E-state index contributed by atoms with van der Waals surface area (Å²) in [4.78, 5) is 24.8. The molecule has 7 heteroatoms. The van der Waals surface area contributed by atoms with Gasteiger partial charge in [0.15, 0.2) is 6.61 Å². The zero-order chi connectivity index (χ0) is 19.4. The highest BCUT2D eigenvalue weighted by molar-refractivity contribution is 5.99. The molecule has 142 valence electrons. The van der Waals surface area contributed by atoms with E-state index in [0.717, 1.165) is 10.8 Å². The Kier molecular flexibility index (Phi) is 5.59. The lowest BCUT2D eigenvalue weighted by atomic mass is 9.94. The lowest BCUT2D eigenvalue weighted by molar-refractivity contribution is -0.139. The summed E-state index contributed by atoms with van der Waals surface area (Å²) in [7, 11) is 0. The maximum atomic E-state index is 12.3. The average Bonchev–Trinajstić information content (AvgIpc) is 2.65. The number of ether oxygens (including phenoxy) is 1. The molecule has 7 nitrogen and oxygen atoms in total. The van der Waals surface area contributed by atoms with Gasteiger partial charge in [0.05, 0.1) is 0 Å². The van der Waals surface area contributed by atoms with Crippen LogP contribution in [-0.2, 0) is 9.59 Å². The van der Waals surface area contributed by atoms with E-state index >= 15 is 0 Å². The molecule has 2 aromatic rings. The predicted octanol–water partition coefficient (Wildman–Crippen LogP) is 2.22. The maximum Gasteiger partial charge on any atom is 0.303 e. The summed E-state index contributed by atoms with van der Waals surface area (Å²) in [6.45, 7) is 1.11. The van der Waals surface area contributed by atoms with E-state index in [0.29, 0.717) is 37.2 Å². The van der Waals surface area contributed by atoms with E-state index in [1.54, 1.807) is 17.0 Å². The van der Waals surface area contributed by atoms with Gasteiger partial charge in [0, 0.05) is 25.1 Å². The molecule has 27 heavy (non-hydrogen) atoms. The van der Waals surface area contributed by atoms with Crippen molar-refractivity contribution in [3.63, 3.8) is 0 Å². The number of aliphatic carboxylic acids is 1. The molecule has 1 heterocycles. The number of nitrogen functional groups attached to an aromatic ring is 1. The number of nitrogens with one attached hydrogen (secondary N) is 1. The number of rotatable bonds is 6. The minimum absolute atomic E-state index is 0.0231. The fourth-order valence-corrected chi connectivity index (χ4v) is 3.35. The molecule has 1 amide bonds. The molecule has 1 aliphatic rings. The molecule has 4 N–H and O–H groups in total. The van der Waals surface area contributed by atoms with Gasteiger partial charge in [-0.15, -0.1) is 0 Å². The summed E-state index contributed by atoms with van der Waals surface area (Å²) in [6, 6.07) is 11.0. The first-order chi connectivity index (χ1) is 12.9.